The van der Waals surface area contributed by atoms with Crippen LogP contribution < -0.4 is 10.6 Å². The third-order valence-electron chi connectivity index (χ3n) is 4.41. The van der Waals surface area contributed by atoms with Crippen molar-refractivity contribution in [2.24, 2.45) is 4.99 Å². The maximum atomic E-state index is 5.97. The quantitative estimate of drug-likeness (QED) is 0.653. The summed E-state index contributed by atoms with van der Waals surface area (Å²) in [4.78, 5) is 9.53. The number of aryl methyl sites for hydroxylation is 1. The molecule has 0 saturated carbocycles. The van der Waals surface area contributed by atoms with Crippen LogP contribution in [0.25, 0.3) is 0 Å². The molecular weight excluding hydrogens is 296 g/mol. The smallest absolute Gasteiger partial charge is 0.191 e. The first-order chi connectivity index (χ1) is 10.7. The molecule has 3 rings (SSSR count). The molecule has 2 saturated heterocycles. The maximum Gasteiger partial charge on any atom is 0.191 e. The van der Waals surface area contributed by atoms with E-state index in [-0.39, 0.29) is 6.10 Å². The summed E-state index contributed by atoms with van der Waals surface area (Å²) in [6.07, 6.45) is 2.87. The predicted octanol–water partition coefficient (Wildman–Crippen LogP) is 1.58. The lowest BCUT2D eigenvalue weighted by Crippen LogP contribution is -2.51. The number of hydrogen-bond acceptors (Lipinski definition) is 4. The molecule has 0 aromatic carbocycles. The lowest BCUT2D eigenvalue weighted by molar-refractivity contribution is -0.0453. The molecule has 2 aliphatic heterocycles. The molecule has 1 aromatic heterocycles. The highest BCUT2D eigenvalue weighted by atomic mass is 32.1. The molecule has 6 heteroatoms. The van der Waals surface area contributed by atoms with E-state index >= 15 is 0 Å². The molecule has 5 nitrogen and oxygen atoms in total. The van der Waals surface area contributed by atoms with Crippen molar-refractivity contribution in [1.29, 1.82) is 0 Å². The van der Waals surface area contributed by atoms with Gasteiger partial charge in [-0.05, 0) is 38.4 Å². The van der Waals surface area contributed by atoms with Crippen LogP contribution in [0.3, 0.4) is 0 Å². The Labute approximate surface area is 136 Å². The number of ether oxygens (including phenoxy) is 1. The van der Waals surface area contributed by atoms with Crippen LogP contribution in [0.2, 0.25) is 0 Å². The first-order valence-electron chi connectivity index (χ1n) is 8.10. The number of fused-ring (bicyclic) bond motifs is 1. The van der Waals surface area contributed by atoms with Crippen molar-refractivity contribution in [3.63, 3.8) is 0 Å². The first kappa shape index (κ1) is 15.8. The number of nitrogens with one attached hydrogen (secondary N) is 2. The van der Waals surface area contributed by atoms with Crippen molar-refractivity contribution in [1.82, 2.24) is 15.5 Å². The zero-order chi connectivity index (χ0) is 15.4. The Kier molecular flexibility index (Phi) is 5.33. The number of aliphatic imine (C=N–C) groups is 1. The minimum absolute atomic E-state index is 0.261. The van der Waals surface area contributed by atoms with Crippen LogP contribution in [-0.4, -0.2) is 56.3 Å². The second kappa shape index (κ2) is 7.44. The Morgan fingerprint density at radius 3 is 3.14 bits per heavy atom. The van der Waals surface area contributed by atoms with Crippen LogP contribution in [0.5, 0.6) is 0 Å². The van der Waals surface area contributed by atoms with E-state index in [0.717, 1.165) is 32.2 Å². The predicted molar refractivity (Wildman–Crippen MR) is 91.6 cm³/mol. The fourth-order valence-corrected chi connectivity index (χ4v) is 4.02. The Morgan fingerprint density at radius 1 is 1.45 bits per heavy atom. The lowest BCUT2D eigenvalue weighted by Gasteiger charge is -2.35. The van der Waals surface area contributed by atoms with Gasteiger partial charge in [0, 0.05) is 35.9 Å². The molecule has 2 aliphatic rings. The summed E-state index contributed by atoms with van der Waals surface area (Å²) in [5.41, 5.74) is 0. The zero-order valence-corrected chi connectivity index (χ0v) is 14.3. The Balaban J connectivity index is 1.41. The molecule has 2 fully saturated rings. The maximum absolute atomic E-state index is 5.97. The average molecular weight is 322 g/mol. The van der Waals surface area contributed by atoms with Crippen molar-refractivity contribution < 1.29 is 4.74 Å². The molecule has 0 amide bonds. The topological polar surface area (TPSA) is 48.9 Å². The van der Waals surface area contributed by atoms with Crippen molar-refractivity contribution in [3.8, 4) is 0 Å². The number of thiophene rings is 1. The molecule has 22 heavy (non-hydrogen) atoms. The minimum atomic E-state index is 0.261. The second-order valence-electron chi connectivity index (χ2n) is 6.07. The molecule has 0 aliphatic carbocycles. The third kappa shape index (κ3) is 4.00. The van der Waals surface area contributed by atoms with Crippen molar-refractivity contribution in [2.75, 3.05) is 33.3 Å². The number of morpholine rings is 1. The lowest BCUT2D eigenvalue weighted by atomic mass is 10.2. The minimum Gasteiger partial charge on any atom is -0.373 e. The van der Waals surface area contributed by atoms with Crippen molar-refractivity contribution in [2.45, 2.75) is 38.5 Å². The van der Waals surface area contributed by atoms with E-state index < -0.39 is 0 Å². The molecule has 0 spiro atoms. The highest BCUT2D eigenvalue weighted by Crippen LogP contribution is 2.22. The Bertz CT molecular complexity index is 516. The molecule has 2 atom stereocenters. The van der Waals surface area contributed by atoms with Crippen LogP contribution in [-0.2, 0) is 11.3 Å². The molecule has 2 N–H and O–H groups in total. The monoisotopic (exact) mass is 322 g/mol. The van der Waals surface area contributed by atoms with Gasteiger partial charge in [0.25, 0.3) is 0 Å². The zero-order valence-electron chi connectivity index (χ0n) is 13.5. The molecule has 122 valence electrons. The van der Waals surface area contributed by atoms with E-state index in [1.54, 1.807) is 0 Å². The average Bonchev–Trinajstić information content (AvgIpc) is 3.15. The van der Waals surface area contributed by atoms with Gasteiger partial charge in [0.15, 0.2) is 5.96 Å². The Morgan fingerprint density at radius 2 is 2.36 bits per heavy atom. The van der Waals surface area contributed by atoms with Crippen LogP contribution >= 0.6 is 11.3 Å². The summed E-state index contributed by atoms with van der Waals surface area (Å²) in [7, 11) is 1.81. The number of rotatable bonds is 4. The van der Waals surface area contributed by atoms with E-state index in [0.29, 0.717) is 6.04 Å². The summed E-state index contributed by atoms with van der Waals surface area (Å²) in [5, 5.41) is 6.75. The van der Waals surface area contributed by atoms with Gasteiger partial charge in [0.2, 0.25) is 0 Å². The molecule has 2 unspecified atom stereocenters. The fraction of sp³-hybridized carbons (Fsp3) is 0.688. The van der Waals surface area contributed by atoms with E-state index in [2.05, 4.69) is 39.6 Å². The van der Waals surface area contributed by atoms with Gasteiger partial charge in [-0.3, -0.25) is 9.89 Å². The van der Waals surface area contributed by atoms with Gasteiger partial charge in [0.05, 0.1) is 19.3 Å². The summed E-state index contributed by atoms with van der Waals surface area (Å²) in [6.45, 7) is 6.92. The van der Waals surface area contributed by atoms with Gasteiger partial charge in [-0.15, -0.1) is 11.3 Å². The molecule has 0 bridgehead atoms. The molecular formula is C16H26N4OS. The van der Waals surface area contributed by atoms with E-state index in [4.69, 9.17) is 4.74 Å². The van der Waals surface area contributed by atoms with Crippen molar-refractivity contribution in [3.05, 3.63) is 21.9 Å². The van der Waals surface area contributed by atoms with E-state index in [1.807, 2.05) is 18.4 Å². The van der Waals surface area contributed by atoms with Gasteiger partial charge >= 0.3 is 0 Å². The van der Waals surface area contributed by atoms with Crippen LogP contribution in [0.15, 0.2) is 17.1 Å². The summed E-state index contributed by atoms with van der Waals surface area (Å²) in [5.74, 6) is 0.846. The van der Waals surface area contributed by atoms with Gasteiger partial charge in [-0.25, -0.2) is 0 Å². The summed E-state index contributed by atoms with van der Waals surface area (Å²) >= 11 is 1.82. The van der Waals surface area contributed by atoms with Crippen LogP contribution in [0.4, 0.5) is 0 Å². The Hall–Kier alpha value is -1.11. The second-order valence-corrected chi connectivity index (χ2v) is 7.44. The van der Waals surface area contributed by atoms with Gasteiger partial charge in [0.1, 0.15) is 0 Å². The van der Waals surface area contributed by atoms with Gasteiger partial charge < -0.3 is 15.4 Å². The highest BCUT2D eigenvalue weighted by molar-refractivity contribution is 7.11. The number of hydrogen-bond donors (Lipinski definition) is 2. The molecule has 0 radical (unpaired) electrons. The number of nitrogens with zero attached hydrogens (tertiary/aromatic N) is 2. The molecule has 3 heterocycles. The van der Waals surface area contributed by atoms with E-state index in [9.17, 15) is 0 Å². The van der Waals surface area contributed by atoms with E-state index in [1.165, 1.54) is 29.1 Å². The first-order valence-corrected chi connectivity index (χ1v) is 8.91. The number of guanidine groups is 1. The SMILES string of the molecule is CN=C(NCc1ccc(C)s1)NCC1CN2CCCC2CO1. The fourth-order valence-electron chi connectivity index (χ4n) is 3.19. The third-order valence-corrected chi connectivity index (χ3v) is 5.41. The van der Waals surface area contributed by atoms with Gasteiger partial charge in [-0.1, -0.05) is 0 Å². The van der Waals surface area contributed by atoms with Gasteiger partial charge in [-0.2, -0.15) is 0 Å². The summed E-state index contributed by atoms with van der Waals surface area (Å²) < 4.78 is 5.97. The van der Waals surface area contributed by atoms with Crippen molar-refractivity contribution >= 4 is 17.3 Å². The largest absolute Gasteiger partial charge is 0.373 e. The van der Waals surface area contributed by atoms with Crippen LogP contribution in [0, 0.1) is 6.92 Å². The van der Waals surface area contributed by atoms with Crippen LogP contribution in [0.1, 0.15) is 22.6 Å². The summed E-state index contributed by atoms with van der Waals surface area (Å²) in [6, 6.07) is 4.98. The standard InChI is InChI=1S/C16H26N4OS/c1-12-5-6-15(22-12)9-19-16(17-2)18-8-14-10-20-7-3-4-13(20)11-21-14/h5-6,13-14H,3-4,7-11H2,1-2H3,(H2,17,18,19). The normalized spacial score (nSPS) is 26.0. The molecule has 1 aromatic rings. The highest BCUT2D eigenvalue weighted by Gasteiger charge is 2.32.